The van der Waals surface area contributed by atoms with Crippen molar-refractivity contribution < 1.29 is 9.84 Å². The molecule has 1 aliphatic heterocycles. The Morgan fingerprint density at radius 3 is 2.71 bits per heavy atom. The molecule has 0 aromatic heterocycles. The van der Waals surface area contributed by atoms with E-state index in [1.807, 2.05) is 18.2 Å². The molecule has 0 amide bonds. The van der Waals surface area contributed by atoms with E-state index >= 15 is 0 Å². The number of aliphatic hydroxyl groups excluding tert-OH is 1. The average Bonchev–Trinajstić information content (AvgIpc) is 2.95. The predicted octanol–water partition coefficient (Wildman–Crippen LogP) is 4.22. The van der Waals surface area contributed by atoms with Gasteiger partial charge in [-0.25, -0.2) is 0 Å². The lowest BCUT2D eigenvalue weighted by Gasteiger charge is -2.14. The first kappa shape index (κ1) is 14.6. The number of benzene rings is 2. The lowest BCUT2D eigenvalue weighted by molar-refractivity contribution is 0.177. The standard InChI is InChI=1S/C18H19BrO2/c1-2-12-3-5-13(6-4-12)17(20)11-15-10-16(19)9-14-7-8-21-18(14)15/h3-6,9-10,17,20H,2,7-8,11H2,1H3. The molecule has 3 heteroatoms. The van der Waals surface area contributed by atoms with E-state index in [1.165, 1.54) is 11.1 Å². The number of hydrogen-bond acceptors (Lipinski definition) is 2. The summed E-state index contributed by atoms with van der Waals surface area (Å²) >= 11 is 3.54. The predicted molar refractivity (Wildman–Crippen MR) is 87.8 cm³/mol. The second-order valence-corrected chi connectivity index (χ2v) is 6.38. The summed E-state index contributed by atoms with van der Waals surface area (Å²) in [4.78, 5) is 0. The highest BCUT2D eigenvalue weighted by molar-refractivity contribution is 9.10. The van der Waals surface area contributed by atoms with Gasteiger partial charge < -0.3 is 9.84 Å². The molecule has 1 heterocycles. The van der Waals surface area contributed by atoms with Crippen LogP contribution in [0.15, 0.2) is 40.9 Å². The van der Waals surface area contributed by atoms with Gasteiger partial charge >= 0.3 is 0 Å². The fourth-order valence-corrected chi connectivity index (χ4v) is 3.35. The van der Waals surface area contributed by atoms with Crippen LogP contribution in [0.25, 0.3) is 0 Å². The minimum atomic E-state index is -0.501. The van der Waals surface area contributed by atoms with Gasteiger partial charge in [0.25, 0.3) is 0 Å². The van der Waals surface area contributed by atoms with Gasteiger partial charge in [-0.2, -0.15) is 0 Å². The zero-order valence-corrected chi connectivity index (χ0v) is 13.7. The average molecular weight is 347 g/mol. The van der Waals surface area contributed by atoms with Crippen LogP contribution < -0.4 is 4.74 Å². The van der Waals surface area contributed by atoms with Crippen LogP contribution >= 0.6 is 15.9 Å². The monoisotopic (exact) mass is 346 g/mol. The molecule has 2 nitrogen and oxygen atoms in total. The summed E-state index contributed by atoms with van der Waals surface area (Å²) in [5.74, 6) is 0.961. The van der Waals surface area contributed by atoms with Crippen molar-refractivity contribution in [3.8, 4) is 5.75 Å². The minimum Gasteiger partial charge on any atom is -0.493 e. The highest BCUT2D eigenvalue weighted by atomic mass is 79.9. The molecule has 0 fully saturated rings. The van der Waals surface area contributed by atoms with Crippen LogP contribution in [0, 0.1) is 0 Å². The highest BCUT2D eigenvalue weighted by Gasteiger charge is 2.20. The number of ether oxygens (including phenoxy) is 1. The Labute approximate surface area is 133 Å². The summed E-state index contributed by atoms with van der Waals surface area (Å²) in [6.07, 6.45) is 2.04. The third kappa shape index (κ3) is 3.14. The molecule has 110 valence electrons. The SMILES string of the molecule is CCc1ccc(C(O)Cc2cc(Br)cc3c2OCC3)cc1. The van der Waals surface area contributed by atoms with Gasteiger partial charge in [0.2, 0.25) is 0 Å². The fraction of sp³-hybridized carbons (Fsp3) is 0.333. The Hall–Kier alpha value is -1.32. The normalized spacial score (nSPS) is 14.6. The third-order valence-corrected chi connectivity index (χ3v) is 4.47. The van der Waals surface area contributed by atoms with Crippen LogP contribution in [0.3, 0.4) is 0 Å². The van der Waals surface area contributed by atoms with E-state index in [2.05, 4.69) is 41.1 Å². The smallest absolute Gasteiger partial charge is 0.125 e. The molecule has 0 spiro atoms. The second-order valence-electron chi connectivity index (χ2n) is 5.47. The zero-order valence-electron chi connectivity index (χ0n) is 12.1. The maximum atomic E-state index is 10.5. The van der Waals surface area contributed by atoms with Crippen molar-refractivity contribution in [1.29, 1.82) is 0 Å². The number of fused-ring (bicyclic) bond motifs is 1. The van der Waals surface area contributed by atoms with Gasteiger partial charge in [-0.05, 0) is 40.8 Å². The molecule has 1 N–H and O–H groups in total. The molecule has 0 saturated carbocycles. The lowest BCUT2D eigenvalue weighted by Crippen LogP contribution is -2.03. The second kappa shape index (κ2) is 6.20. The fourth-order valence-electron chi connectivity index (χ4n) is 2.80. The van der Waals surface area contributed by atoms with Crippen molar-refractivity contribution in [2.75, 3.05) is 6.61 Å². The van der Waals surface area contributed by atoms with Crippen molar-refractivity contribution in [2.24, 2.45) is 0 Å². The van der Waals surface area contributed by atoms with Gasteiger partial charge in [-0.15, -0.1) is 0 Å². The van der Waals surface area contributed by atoms with Crippen LogP contribution in [0.4, 0.5) is 0 Å². The van der Waals surface area contributed by atoms with E-state index in [0.29, 0.717) is 6.42 Å². The summed E-state index contributed by atoms with van der Waals surface area (Å²) in [7, 11) is 0. The van der Waals surface area contributed by atoms with E-state index in [0.717, 1.165) is 40.8 Å². The minimum absolute atomic E-state index is 0.501. The first-order valence-electron chi connectivity index (χ1n) is 7.38. The molecule has 21 heavy (non-hydrogen) atoms. The van der Waals surface area contributed by atoms with E-state index in [1.54, 1.807) is 0 Å². The molecule has 0 bridgehead atoms. The van der Waals surface area contributed by atoms with Crippen LogP contribution in [-0.4, -0.2) is 11.7 Å². The van der Waals surface area contributed by atoms with E-state index in [9.17, 15) is 5.11 Å². The Balaban J connectivity index is 1.82. The van der Waals surface area contributed by atoms with Gasteiger partial charge in [0, 0.05) is 17.3 Å². The Morgan fingerprint density at radius 2 is 2.00 bits per heavy atom. The molecule has 0 aliphatic carbocycles. The molecule has 3 rings (SSSR count). The van der Waals surface area contributed by atoms with Gasteiger partial charge in [0.1, 0.15) is 5.75 Å². The van der Waals surface area contributed by atoms with Crippen LogP contribution in [0.5, 0.6) is 5.75 Å². The summed E-state index contributed by atoms with van der Waals surface area (Å²) in [6.45, 7) is 2.87. The Bertz CT molecular complexity index is 634. The Morgan fingerprint density at radius 1 is 1.24 bits per heavy atom. The van der Waals surface area contributed by atoms with Crippen molar-refractivity contribution in [2.45, 2.75) is 32.3 Å². The van der Waals surface area contributed by atoms with E-state index in [-0.39, 0.29) is 0 Å². The number of aryl methyl sites for hydroxylation is 1. The van der Waals surface area contributed by atoms with Crippen molar-refractivity contribution in [1.82, 2.24) is 0 Å². The van der Waals surface area contributed by atoms with Gasteiger partial charge in [-0.1, -0.05) is 47.1 Å². The third-order valence-electron chi connectivity index (χ3n) is 4.01. The van der Waals surface area contributed by atoms with E-state index in [4.69, 9.17) is 4.74 Å². The molecule has 1 aliphatic rings. The zero-order chi connectivity index (χ0) is 14.8. The molecule has 0 radical (unpaired) electrons. The molecular weight excluding hydrogens is 328 g/mol. The summed E-state index contributed by atoms with van der Waals surface area (Å²) < 4.78 is 6.78. The largest absolute Gasteiger partial charge is 0.493 e. The van der Waals surface area contributed by atoms with Crippen molar-refractivity contribution >= 4 is 15.9 Å². The Kier molecular flexibility index (Phi) is 4.32. The number of rotatable bonds is 4. The maximum absolute atomic E-state index is 10.5. The summed E-state index contributed by atoms with van der Waals surface area (Å²) in [6, 6.07) is 12.4. The maximum Gasteiger partial charge on any atom is 0.125 e. The van der Waals surface area contributed by atoms with Crippen LogP contribution in [0.2, 0.25) is 0 Å². The van der Waals surface area contributed by atoms with Crippen LogP contribution in [0.1, 0.15) is 35.3 Å². The summed E-state index contributed by atoms with van der Waals surface area (Å²) in [5, 5.41) is 10.5. The quantitative estimate of drug-likeness (QED) is 0.897. The van der Waals surface area contributed by atoms with Gasteiger partial charge in [0.05, 0.1) is 12.7 Å². The molecule has 1 atom stereocenters. The van der Waals surface area contributed by atoms with Crippen molar-refractivity contribution in [3.63, 3.8) is 0 Å². The molecular formula is C18H19BrO2. The topological polar surface area (TPSA) is 29.5 Å². The first-order valence-corrected chi connectivity index (χ1v) is 8.17. The number of halogens is 1. The van der Waals surface area contributed by atoms with Crippen LogP contribution in [-0.2, 0) is 19.3 Å². The summed E-state index contributed by atoms with van der Waals surface area (Å²) in [5.41, 5.74) is 4.55. The van der Waals surface area contributed by atoms with Gasteiger partial charge in [0.15, 0.2) is 0 Å². The van der Waals surface area contributed by atoms with E-state index < -0.39 is 6.10 Å². The van der Waals surface area contributed by atoms with Crippen molar-refractivity contribution in [3.05, 3.63) is 63.1 Å². The molecule has 2 aromatic rings. The lowest BCUT2D eigenvalue weighted by atomic mass is 9.98. The first-order chi connectivity index (χ1) is 10.2. The van der Waals surface area contributed by atoms with Gasteiger partial charge in [-0.3, -0.25) is 0 Å². The number of aliphatic hydroxyl groups is 1. The highest BCUT2D eigenvalue weighted by Crippen LogP contribution is 2.35. The number of hydrogen-bond donors (Lipinski definition) is 1. The molecule has 0 saturated heterocycles. The molecule has 1 unspecified atom stereocenters. The molecule has 2 aromatic carbocycles.